The van der Waals surface area contributed by atoms with Gasteiger partial charge in [0.1, 0.15) is 0 Å². The van der Waals surface area contributed by atoms with E-state index in [4.69, 9.17) is 9.47 Å². The molecule has 0 aliphatic rings. The maximum absolute atomic E-state index is 5.94. The lowest BCUT2D eigenvalue weighted by molar-refractivity contribution is -0.0693. The summed E-state index contributed by atoms with van der Waals surface area (Å²) in [6.07, 6.45) is 1.04. The van der Waals surface area contributed by atoms with Crippen LogP contribution >= 0.6 is 0 Å². The lowest BCUT2D eigenvalue weighted by Gasteiger charge is -2.33. The van der Waals surface area contributed by atoms with Gasteiger partial charge in [0.15, 0.2) is 0 Å². The van der Waals surface area contributed by atoms with Crippen molar-refractivity contribution in [3.63, 3.8) is 0 Å². The summed E-state index contributed by atoms with van der Waals surface area (Å²) in [5.41, 5.74) is 0.219. The van der Waals surface area contributed by atoms with E-state index in [2.05, 4.69) is 41.5 Å². The standard InChI is InChI=1S/C13H28O2/c1-8-13(5,6)15-10-11(9-14-7)12(2,3)4/h11H,8-10H2,1-7H3. The van der Waals surface area contributed by atoms with Crippen molar-refractivity contribution in [3.05, 3.63) is 0 Å². The molecular weight excluding hydrogens is 188 g/mol. The molecule has 0 bridgehead atoms. The van der Waals surface area contributed by atoms with Crippen LogP contribution in [0.25, 0.3) is 0 Å². The van der Waals surface area contributed by atoms with Gasteiger partial charge in [-0.25, -0.2) is 0 Å². The summed E-state index contributed by atoms with van der Waals surface area (Å²) >= 11 is 0. The van der Waals surface area contributed by atoms with Crippen LogP contribution in [-0.2, 0) is 9.47 Å². The van der Waals surface area contributed by atoms with Crippen LogP contribution in [0.5, 0.6) is 0 Å². The van der Waals surface area contributed by atoms with Crippen molar-refractivity contribution in [1.82, 2.24) is 0 Å². The minimum Gasteiger partial charge on any atom is -0.384 e. The maximum Gasteiger partial charge on any atom is 0.0624 e. The molecule has 0 saturated carbocycles. The van der Waals surface area contributed by atoms with E-state index in [0.29, 0.717) is 5.92 Å². The van der Waals surface area contributed by atoms with Gasteiger partial charge in [-0.2, -0.15) is 0 Å². The zero-order valence-electron chi connectivity index (χ0n) is 11.5. The van der Waals surface area contributed by atoms with Gasteiger partial charge < -0.3 is 9.47 Å². The molecule has 15 heavy (non-hydrogen) atoms. The van der Waals surface area contributed by atoms with Crippen LogP contribution in [0.2, 0.25) is 0 Å². The Hall–Kier alpha value is -0.0800. The zero-order chi connectivity index (χ0) is 12.1. The summed E-state index contributed by atoms with van der Waals surface area (Å²) in [7, 11) is 1.75. The number of hydrogen-bond acceptors (Lipinski definition) is 2. The highest BCUT2D eigenvalue weighted by Gasteiger charge is 2.27. The first-order valence-electron chi connectivity index (χ1n) is 5.86. The van der Waals surface area contributed by atoms with E-state index in [1.165, 1.54) is 0 Å². The van der Waals surface area contributed by atoms with Gasteiger partial charge in [0, 0.05) is 13.0 Å². The SMILES string of the molecule is CCC(C)(C)OCC(COC)C(C)(C)C. The first kappa shape index (κ1) is 14.9. The molecule has 0 heterocycles. The van der Waals surface area contributed by atoms with Crippen LogP contribution in [0.4, 0.5) is 0 Å². The second-order valence-electron chi connectivity index (χ2n) is 5.94. The van der Waals surface area contributed by atoms with Crippen molar-refractivity contribution >= 4 is 0 Å². The summed E-state index contributed by atoms with van der Waals surface area (Å²) < 4.78 is 11.2. The highest BCUT2D eigenvalue weighted by Crippen LogP contribution is 2.28. The summed E-state index contributed by atoms with van der Waals surface area (Å²) in [6.45, 7) is 14.7. The number of methoxy groups -OCH3 is 1. The first-order chi connectivity index (χ1) is 6.73. The fourth-order valence-electron chi connectivity index (χ4n) is 1.18. The molecule has 1 unspecified atom stereocenters. The Bertz CT molecular complexity index is 168. The Morgan fingerprint density at radius 1 is 1.00 bits per heavy atom. The summed E-state index contributed by atoms with van der Waals surface area (Å²) in [6, 6.07) is 0. The lowest BCUT2D eigenvalue weighted by Crippen LogP contribution is -2.34. The summed E-state index contributed by atoms with van der Waals surface area (Å²) in [5, 5.41) is 0. The Morgan fingerprint density at radius 2 is 1.53 bits per heavy atom. The van der Waals surface area contributed by atoms with E-state index < -0.39 is 0 Å². The van der Waals surface area contributed by atoms with Crippen molar-refractivity contribution in [2.45, 2.75) is 53.6 Å². The molecule has 0 aliphatic carbocycles. The van der Waals surface area contributed by atoms with Gasteiger partial charge in [0.2, 0.25) is 0 Å². The fraction of sp³-hybridized carbons (Fsp3) is 1.00. The molecule has 1 atom stereocenters. The third-order valence-electron chi connectivity index (χ3n) is 3.12. The molecule has 0 aromatic carbocycles. The maximum atomic E-state index is 5.94. The fourth-order valence-corrected chi connectivity index (χ4v) is 1.18. The highest BCUT2D eigenvalue weighted by atomic mass is 16.5. The van der Waals surface area contributed by atoms with Gasteiger partial charge in [-0.05, 0) is 25.7 Å². The molecule has 0 saturated heterocycles. The normalized spacial score (nSPS) is 15.4. The molecule has 0 aromatic rings. The van der Waals surface area contributed by atoms with E-state index in [-0.39, 0.29) is 11.0 Å². The second kappa shape index (κ2) is 5.86. The largest absolute Gasteiger partial charge is 0.384 e. The van der Waals surface area contributed by atoms with Crippen LogP contribution < -0.4 is 0 Å². The molecule has 0 amide bonds. The molecule has 0 fully saturated rings. The minimum absolute atomic E-state index is 0.0166. The molecule has 0 aliphatic heterocycles. The Morgan fingerprint density at radius 3 is 1.87 bits per heavy atom. The Kier molecular flexibility index (Phi) is 5.82. The molecule has 2 heteroatoms. The monoisotopic (exact) mass is 216 g/mol. The molecule has 0 radical (unpaired) electrons. The van der Waals surface area contributed by atoms with Gasteiger partial charge in [-0.15, -0.1) is 0 Å². The molecule has 2 nitrogen and oxygen atoms in total. The van der Waals surface area contributed by atoms with E-state index in [1.54, 1.807) is 7.11 Å². The van der Waals surface area contributed by atoms with E-state index >= 15 is 0 Å². The van der Waals surface area contributed by atoms with Crippen molar-refractivity contribution in [2.75, 3.05) is 20.3 Å². The number of ether oxygens (including phenoxy) is 2. The van der Waals surface area contributed by atoms with Crippen molar-refractivity contribution in [3.8, 4) is 0 Å². The van der Waals surface area contributed by atoms with Gasteiger partial charge in [0.25, 0.3) is 0 Å². The first-order valence-corrected chi connectivity index (χ1v) is 5.86. The average molecular weight is 216 g/mol. The number of rotatable bonds is 6. The Labute approximate surface area is 95.3 Å². The smallest absolute Gasteiger partial charge is 0.0624 e. The van der Waals surface area contributed by atoms with Crippen molar-refractivity contribution in [2.24, 2.45) is 11.3 Å². The molecular formula is C13H28O2. The Balaban J connectivity index is 4.19. The predicted octanol–water partition coefficient (Wildman–Crippen LogP) is 3.50. The van der Waals surface area contributed by atoms with E-state index in [9.17, 15) is 0 Å². The number of hydrogen-bond donors (Lipinski definition) is 0. The van der Waals surface area contributed by atoms with Crippen LogP contribution in [-0.4, -0.2) is 25.9 Å². The molecule has 0 rings (SSSR count). The van der Waals surface area contributed by atoms with Gasteiger partial charge >= 0.3 is 0 Å². The van der Waals surface area contributed by atoms with Crippen molar-refractivity contribution in [1.29, 1.82) is 0 Å². The van der Waals surface area contributed by atoms with Crippen LogP contribution in [0.1, 0.15) is 48.0 Å². The third kappa shape index (κ3) is 6.16. The average Bonchev–Trinajstić information content (AvgIpc) is 2.10. The van der Waals surface area contributed by atoms with E-state index in [0.717, 1.165) is 19.6 Å². The van der Waals surface area contributed by atoms with Gasteiger partial charge in [0.05, 0.1) is 18.8 Å². The predicted molar refractivity (Wildman–Crippen MR) is 65.1 cm³/mol. The van der Waals surface area contributed by atoms with Crippen LogP contribution in [0.3, 0.4) is 0 Å². The highest BCUT2D eigenvalue weighted by molar-refractivity contribution is 4.75. The topological polar surface area (TPSA) is 18.5 Å². The molecule has 0 spiro atoms. The van der Waals surface area contributed by atoms with E-state index in [1.807, 2.05) is 0 Å². The summed E-state index contributed by atoms with van der Waals surface area (Å²) in [5.74, 6) is 0.452. The van der Waals surface area contributed by atoms with Crippen LogP contribution in [0.15, 0.2) is 0 Å². The lowest BCUT2D eigenvalue weighted by atomic mass is 9.81. The third-order valence-corrected chi connectivity index (χ3v) is 3.12. The van der Waals surface area contributed by atoms with Crippen LogP contribution in [0, 0.1) is 11.3 Å². The quantitative estimate of drug-likeness (QED) is 0.676. The zero-order valence-corrected chi connectivity index (χ0v) is 11.5. The molecule has 0 aromatic heterocycles. The minimum atomic E-state index is -0.0166. The molecule has 92 valence electrons. The molecule has 0 N–H and O–H groups in total. The van der Waals surface area contributed by atoms with Crippen molar-refractivity contribution < 1.29 is 9.47 Å². The second-order valence-corrected chi connectivity index (χ2v) is 5.94. The van der Waals surface area contributed by atoms with Gasteiger partial charge in [-0.3, -0.25) is 0 Å². The van der Waals surface area contributed by atoms with Gasteiger partial charge in [-0.1, -0.05) is 27.7 Å². The summed E-state index contributed by atoms with van der Waals surface area (Å²) in [4.78, 5) is 0.